The van der Waals surface area contributed by atoms with Gasteiger partial charge in [0.15, 0.2) is 0 Å². The number of hydrogen-bond acceptors (Lipinski definition) is 2. The summed E-state index contributed by atoms with van der Waals surface area (Å²) in [6.07, 6.45) is 6.60. The first-order valence-corrected chi connectivity index (χ1v) is 13.5. The molecule has 0 aliphatic heterocycles. The van der Waals surface area contributed by atoms with Crippen LogP contribution in [-0.2, 0) is 13.1 Å². The molecule has 0 unspecified atom stereocenters. The minimum atomic E-state index is -0.0150. The lowest BCUT2D eigenvalue weighted by Gasteiger charge is -2.19. The summed E-state index contributed by atoms with van der Waals surface area (Å²) < 4.78 is 0. The van der Waals surface area contributed by atoms with Gasteiger partial charge in [-0.15, -0.1) is 0 Å². The molecule has 2 nitrogen and oxygen atoms in total. The van der Waals surface area contributed by atoms with Crippen molar-refractivity contribution in [3.05, 3.63) is 120 Å². The van der Waals surface area contributed by atoms with Crippen molar-refractivity contribution in [3.63, 3.8) is 0 Å². The molecule has 0 fully saturated rings. The van der Waals surface area contributed by atoms with Gasteiger partial charge in [-0.3, -0.25) is 9.80 Å². The third-order valence-corrected chi connectivity index (χ3v) is 6.55. The Hall–Kier alpha value is -3.64. The molecule has 38 heavy (non-hydrogen) atoms. The van der Waals surface area contributed by atoms with Gasteiger partial charge in [0.1, 0.15) is 0 Å². The van der Waals surface area contributed by atoms with E-state index in [0.717, 1.165) is 26.2 Å². The van der Waals surface area contributed by atoms with E-state index in [2.05, 4.69) is 160 Å². The predicted molar refractivity (Wildman–Crippen MR) is 165 cm³/mol. The van der Waals surface area contributed by atoms with Gasteiger partial charge in [-0.25, -0.2) is 0 Å². The van der Waals surface area contributed by atoms with Crippen molar-refractivity contribution in [2.45, 2.75) is 33.9 Å². The van der Waals surface area contributed by atoms with E-state index >= 15 is 0 Å². The summed E-state index contributed by atoms with van der Waals surface area (Å²) in [5.74, 6) is 6.68. The fourth-order valence-corrected chi connectivity index (χ4v) is 4.75. The van der Waals surface area contributed by atoms with Crippen molar-refractivity contribution in [2.24, 2.45) is 5.41 Å². The van der Waals surface area contributed by atoms with Crippen LogP contribution >= 0.6 is 0 Å². The minimum absolute atomic E-state index is 0.0150. The first kappa shape index (κ1) is 27.4. The molecular weight excluding hydrogens is 460 g/mol. The summed E-state index contributed by atoms with van der Waals surface area (Å²) in [6.45, 7) is 9.97. The Balaban J connectivity index is 1.45. The van der Waals surface area contributed by atoms with Crippen LogP contribution in [0.5, 0.6) is 0 Å². The standard InChI is InChI=1S/C36H40N2/c1-36(2,3)24-12-14-29(26-38(5)28-33-21-11-19-31-17-7-9-23-35(31)33)15-13-25-37(4)27-32-20-10-18-30-16-6-8-22-34(30)32/h6-11,13-23H,25-28H2,1-5H3/b15-13+,29-14?. The number of allylic oxidation sites excluding steroid dienone is 1. The summed E-state index contributed by atoms with van der Waals surface area (Å²) in [4.78, 5) is 4.73. The highest BCUT2D eigenvalue weighted by atomic mass is 15.1. The molecule has 4 aromatic carbocycles. The fraction of sp³-hybridized carbons (Fsp3) is 0.278. The number of rotatable bonds is 9. The smallest absolute Gasteiger partial charge is 0.0240 e. The molecule has 4 aromatic rings. The number of likely N-dealkylation sites (N-methyl/N-ethyl adjacent to an activating group) is 2. The van der Waals surface area contributed by atoms with Crippen LogP contribution in [0.1, 0.15) is 31.9 Å². The second-order valence-corrected chi connectivity index (χ2v) is 11.3. The highest BCUT2D eigenvalue weighted by Crippen LogP contribution is 2.21. The van der Waals surface area contributed by atoms with Gasteiger partial charge in [0.25, 0.3) is 0 Å². The predicted octanol–water partition coefficient (Wildman–Crippen LogP) is 8.09. The van der Waals surface area contributed by atoms with E-state index in [1.165, 1.54) is 38.2 Å². The summed E-state index contributed by atoms with van der Waals surface area (Å²) in [6, 6.07) is 30.4. The third-order valence-electron chi connectivity index (χ3n) is 6.55. The van der Waals surface area contributed by atoms with Gasteiger partial charge < -0.3 is 0 Å². The third kappa shape index (κ3) is 7.93. The topological polar surface area (TPSA) is 6.48 Å². The van der Waals surface area contributed by atoms with Gasteiger partial charge in [-0.1, -0.05) is 109 Å². The number of nitrogens with zero attached hydrogens (tertiary/aromatic N) is 2. The Kier molecular flexibility index (Phi) is 9.19. The number of fused-ring (bicyclic) bond motifs is 2. The second kappa shape index (κ2) is 12.7. The zero-order valence-electron chi connectivity index (χ0n) is 23.5. The second-order valence-electron chi connectivity index (χ2n) is 11.3. The summed E-state index contributed by atoms with van der Waals surface area (Å²) in [7, 11) is 4.37. The maximum Gasteiger partial charge on any atom is 0.0240 e. The molecule has 0 N–H and O–H groups in total. The largest absolute Gasteiger partial charge is 0.298 e. The lowest BCUT2D eigenvalue weighted by Crippen LogP contribution is -2.21. The van der Waals surface area contributed by atoms with Crippen LogP contribution in [0.15, 0.2) is 109 Å². The molecule has 4 rings (SSSR count). The van der Waals surface area contributed by atoms with E-state index in [4.69, 9.17) is 0 Å². The van der Waals surface area contributed by atoms with Crippen LogP contribution in [0, 0.1) is 17.3 Å². The minimum Gasteiger partial charge on any atom is -0.298 e. The molecule has 0 aliphatic carbocycles. The van der Waals surface area contributed by atoms with Crippen LogP contribution < -0.4 is 0 Å². The van der Waals surface area contributed by atoms with Crippen molar-refractivity contribution in [3.8, 4) is 11.8 Å². The maximum absolute atomic E-state index is 3.36. The summed E-state index contributed by atoms with van der Waals surface area (Å²) >= 11 is 0. The van der Waals surface area contributed by atoms with Crippen LogP contribution in [0.3, 0.4) is 0 Å². The van der Waals surface area contributed by atoms with E-state index in [1.807, 2.05) is 0 Å². The van der Waals surface area contributed by atoms with Gasteiger partial charge in [0.05, 0.1) is 0 Å². The highest BCUT2D eigenvalue weighted by molar-refractivity contribution is 5.86. The van der Waals surface area contributed by atoms with Crippen molar-refractivity contribution in [1.29, 1.82) is 0 Å². The van der Waals surface area contributed by atoms with Gasteiger partial charge in [0, 0.05) is 31.6 Å². The highest BCUT2D eigenvalue weighted by Gasteiger charge is 2.07. The lowest BCUT2D eigenvalue weighted by atomic mass is 9.98. The van der Waals surface area contributed by atoms with Crippen LogP contribution in [0.2, 0.25) is 0 Å². The molecule has 0 bridgehead atoms. The Morgan fingerprint density at radius 3 is 1.82 bits per heavy atom. The molecule has 0 radical (unpaired) electrons. The molecule has 0 atom stereocenters. The number of benzene rings is 4. The van der Waals surface area contributed by atoms with E-state index in [1.54, 1.807) is 0 Å². The first-order valence-electron chi connectivity index (χ1n) is 13.5. The summed E-state index contributed by atoms with van der Waals surface area (Å²) in [5, 5.41) is 5.24. The molecule has 0 aliphatic rings. The zero-order valence-corrected chi connectivity index (χ0v) is 23.5. The Morgan fingerprint density at radius 2 is 1.24 bits per heavy atom. The normalized spacial score (nSPS) is 12.6. The van der Waals surface area contributed by atoms with E-state index in [0.29, 0.717) is 0 Å². The number of hydrogen-bond donors (Lipinski definition) is 0. The molecule has 0 amide bonds. The van der Waals surface area contributed by atoms with E-state index in [-0.39, 0.29) is 5.41 Å². The molecule has 0 spiro atoms. The van der Waals surface area contributed by atoms with E-state index in [9.17, 15) is 0 Å². The molecule has 194 valence electrons. The SMILES string of the molecule is CN(C/C=C/C(=CC#CC(C)(C)C)CN(C)Cc1cccc2ccccc12)Cc1cccc2ccccc12. The Labute approximate surface area is 229 Å². The summed E-state index contributed by atoms with van der Waals surface area (Å²) in [5.41, 5.74) is 3.92. The molecule has 0 heterocycles. The molecule has 0 aromatic heterocycles. The fourth-order valence-electron chi connectivity index (χ4n) is 4.75. The van der Waals surface area contributed by atoms with Crippen molar-refractivity contribution >= 4 is 21.5 Å². The molecule has 2 heteroatoms. The van der Waals surface area contributed by atoms with Crippen LogP contribution in [-0.4, -0.2) is 37.0 Å². The lowest BCUT2D eigenvalue weighted by molar-refractivity contribution is 0.357. The van der Waals surface area contributed by atoms with Crippen LogP contribution in [0.4, 0.5) is 0 Å². The van der Waals surface area contributed by atoms with E-state index < -0.39 is 0 Å². The van der Waals surface area contributed by atoms with Gasteiger partial charge in [0.2, 0.25) is 0 Å². The Morgan fingerprint density at radius 1 is 0.711 bits per heavy atom. The molecule has 0 saturated carbocycles. The quantitative estimate of drug-likeness (QED) is 0.169. The average molecular weight is 501 g/mol. The molecular formula is C36H40N2. The van der Waals surface area contributed by atoms with Crippen molar-refractivity contribution in [2.75, 3.05) is 27.2 Å². The van der Waals surface area contributed by atoms with Crippen molar-refractivity contribution in [1.82, 2.24) is 9.80 Å². The van der Waals surface area contributed by atoms with Gasteiger partial charge >= 0.3 is 0 Å². The van der Waals surface area contributed by atoms with Crippen molar-refractivity contribution < 1.29 is 0 Å². The average Bonchev–Trinajstić information content (AvgIpc) is 2.88. The molecule has 0 saturated heterocycles. The van der Waals surface area contributed by atoms with Gasteiger partial charge in [-0.05, 0) is 79.2 Å². The maximum atomic E-state index is 3.36. The zero-order chi connectivity index (χ0) is 27.0. The van der Waals surface area contributed by atoms with Gasteiger partial charge in [-0.2, -0.15) is 0 Å². The monoisotopic (exact) mass is 500 g/mol. The Bertz CT molecular complexity index is 1480. The first-order chi connectivity index (χ1) is 18.3. The van der Waals surface area contributed by atoms with Crippen LogP contribution in [0.25, 0.3) is 21.5 Å².